The molecule has 31 heavy (non-hydrogen) atoms. The van der Waals surface area contributed by atoms with Crippen LogP contribution in [-0.2, 0) is 6.54 Å². The van der Waals surface area contributed by atoms with Crippen LogP contribution >= 0.6 is 0 Å². The standard InChI is InChI=1S/C23H22N4O4/c1-30-15-6-7-17-18(12-15)25-22(24-17)14-26-8-10-27(11-9-26)23(29)21-13-19(28)16-4-2-3-5-20(16)31-21/h2-7,12-13H,8-11,14H2,1H3,(H,24,25). The first-order chi connectivity index (χ1) is 15.1. The van der Waals surface area contributed by atoms with E-state index in [1.54, 1.807) is 36.3 Å². The van der Waals surface area contributed by atoms with Crippen LogP contribution in [0.4, 0.5) is 0 Å². The fraction of sp³-hybridized carbons (Fsp3) is 0.261. The maximum Gasteiger partial charge on any atom is 0.289 e. The van der Waals surface area contributed by atoms with E-state index < -0.39 is 0 Å². The molecule has 1 saturated heterocycles. The summed E-state index contributed by atoms with van der Waals surface area (Å²) >= 11 is 0. The molecule has 2 aromatic heterocycles. The minimum Gasteiger partial charge on any atom is -0.497 e. The van der Waals surface area contributed by atoms with Crippen LogP contribution < -0.4 is 10.2 Å². The van der Waals surface area contributed by atoms with Gasteiger partial charge in [0.1, 0.15) is 17.2 Å². The number of methoxy groups -OCH3 is 1. The lowest BCUT2D eigenvalue weighted by molar-refractivity contribution is 0.0596. The van der Waals surface area contributed by atoms with Crippen LogP contribution in [0.15, 0.2) is 57.7 Å². The number of aromatic nitrogens is 2. The van der Waals surface area contributed by atoms with Gasteiger partial charge in [0.15, 0.2) is 11.2 Å². The molecule has 0 bridgehead atoms. The molecular formula is C23H22N4O4. The highest BCUT2D eigenvalue weighted by Gasteiger charge is 2.25. The van der Waals surface area contributed by atoms with Crippen LogP contribution in [0, 0.1) is 0 Å². The van der Waals surface area contributed by atoms with Gasteiger partial charge in [0.25, 0.3) is 5.91 Å². The Morgan fingerprint density at radius 1 is 1.13 bits per heavy atom. The Labute approximate surface area is 178 Å². The van der Waals surface area contributed by atoms with E-state index in [2.05, 4.69) is 14.9 Å². The van der Waals surface area contributed by atoms with E-state index in [-0.39, 0.29) is 17.1 Å². The third kappa shape index (κ3) is 3.77. The van der Waals surface area contributed by atoms with Gasteiger partial charge in [-0.1, -0.05) is 12.1 Å². The van der Waals surface area contributed by atoms with Crippen molar-refractivity contribution in [2.45, 2.75) is 6.54 Å². The Balaban J connectivity index is 1.25. The number of ether oxygens (including phenoxy) is 1. The number of piperazine rings is 1. The van der Waals surface area contributed by atoms with Crippen molar-refractivity contribution >= 4 is 27.9 Å². The topological polar surface area (TPSA) is 91.7 Å². The number of imidazole rings is 1. The third-order valence-electron chi connectivity index (χ3n) is 5.62. The molecule has 8 heteroatoms. The lowest BCUT2D eigenvalue weighted by Crippen LogP contribution is -2.48. The van der Waals surface area contributed by atoms with E-state index in [0.29, 0.717) is 43.7 Å². The molecule has 0 aliphatic carbocycles. The highest BCUT2D eigenvalue weighted by molar-refractivity contribution is 5.93. The van der Waals surface area contributed by atoms with E-state index in [1.807, 2.05) is 18.2 Å². The largest absolute Gasteiger partial charge is 0.497 e. The lowest BCUT2D eigenvalue weighted by Gasteiger charge is -2.33. The quantitative estimate of drug-likeness (QED) is 0.548. The number of H-pyrrole nitrogens is 1. The Morgan fingerprint density at radius 2 is 1.94 bits per heavy atom. The van der Waals surface area contributed by atoms with Crippen molar-refractivity contribution in [1.82, 2.24) is 19.8 Å². The summed E-state index contributed by atoms with van der Waals surface area (Å²) in [7, 11) is 1.64. The summed E-state index contributed by atoms with van der Waals surface area (Å²) in [5.74, 6) is 1.50. The second-order valence-corrected chi connectivity index (χ2v) is 7.61. The molecule has 1 aliphatic rings. The normalized spacial score (nSPS) is 14.9. The summed E-state index contributed by atoms with van der Waals surface area (Å²) in [6, 6.07) is 14.0. The molecule has 158 valence electrons. The predicted molar refractivity (Wildman–Crippen MR) is 116 cm³/mol. The molecule has 2 aromatic carbocycles. The van der Waals surface area contributed by atoms with E-state index in [9.17, 15) is 9.59 Å². The van der Waals surface area contributed by atoms with Gasteiger partial charge in [0.05, 0.1) is 30.1 Å². The van der Waals surface area contributed by atoms with E-state index >= 15 is 0 Å². The smallest absolute Gasteiger partial charge is 0.289 e. The first kappa shape index (κ1) is 19.3. The van der Waals surface area contributed by atoms with Gasteiger partial charge in [0.2, 0.25) is 0 Å². The molecule has 0 saturated carbocycles. The minimum atomic E-state index is -0.252. The highest BCUT2D eigenvalue weighted by atomic mass is 16.5. The number of benzene rings is 2. The summed E-state index contributed by atoms with van der Waals surface area (Å²) < 4.78 is 11.0. The average Bonchev–Trinajstić information content (AvgIpc) is 3.20. The average molecular weight is 418 g/mol. The van der Waals surface area contributed by atoms with Crippen molar-refractivity contribution in [3.8, 4) is 5.75 Å². The van der Waals surface area contributed by atoms with Gasteiger partial charge in [0, 0.05) is 38.3 Å². The fourth-order valence-electron chi connectivity index (χ4n) is 3.93. The van der Waals surface area contributed by atoms with E-state index in [1.165, 1.54) is 6.07 Å². The number of rotatable bonds is 4. The molecule has 1 aliphatic heterocycles. The number of fused-ring (bicyclic) bond motifs is 2. The first-order valence-corrected chi connectivity index (χ1v) is 10.2. The van der Waals surface area contributed by atoms with Crippen LogP contribution in [0.1, 0.15) is 16.4 Å². The van der Waals surface area contributed by atoms with Gasteiger partial charge in [-0.15, -0.1) is 0 Å². The Kier molecular flexibility index (Phi) is 4.91. The SMILES string of the molecule is COc1ccc2nc(CN3CCN(C(=O)c4cc(=O)c5ccccc5o4)CC3)[nH]c2c1. The summed E-state index contributed by atoms with van der Waals surface area (Å²) in [4.78, 5) is 37.1. The van der Waals surface area contributed by atoms with Gasteiger partial charge in [-0.25, -0.2) is 4.98 Å². The zero-order chi connectivity index (χ0) is 21.4. The number of carbonyl (C=O) groups excluding carboxylic acids is 1. The zero-order valence-electron chi connectivity index (χ0n) is 17.1. The molecule has 0 spiro atoms. The molecule has 4 aromatic rings. The molecule has 8 nitrogen and oxygen atoms in total. The monoisotopic (exact) mass is 418 g/mol. The maximum atomic E-state index is 12.9. The van der Waals surface area contributed by atoms with E-state index in [0.717, 1.165) is 22.6 Å². The minimum absolute atomic E-state index is 0.0865. The van der Waals surface area contributed by atoms with Crippen molar-refractivity contribution in [3.05, 3.63) is 70.3 Å². The zero-order valence-corrected chi connectivity index (χ0v) is 17.1. The van der Waals surface area contributed by atoms with Crippen molar-refractivity contribution in [2.24, 2.45) is 0 Å². The van der Waals surface area contributed by atoms with Crippen LogP contribution in [0.3, 0.4) is 0 Å². The lowest BCUT2D eigenvalue weighted by atomic mass is 10.2. The van der Waals surface area contributed by atoms with Crippen LogP contribution in [-0.4, -0.2) is 59.0 Å². The molecule has 5 rings (SSSR count). The molecule has 1 fully saturated rings. The molecule has 1 amide bonds. The number of nitrogens with zero attached hydrogens (tertiary/aromatic N) is 3. The van der Waals surface area contributed by atoms with Gasteiger partial charge < -0.3 is 19.0 Å². The van der Waals surface area contributed by atoms with Crippen molar-refractivity contribution in [1.29, 1.82) is 0 Å². The highest BCUT2D eigenvalue weighted by Crippen LogP contribution is 2.20. The number of hydrogen-bond donors (Lipinski definition) is 1. The van der Waals surface area contributed by atoms with Gasteiger partial charge in [-0.2, -0.15) is 0 Å². The summed E-state index contributed by atoms with van der Waals surface area (Å²) in [5.41, 5.74) is 2.06. The predicted octanol–water partition coefficient (Wildman–Crippen LogP) is 2.64. The molecule has 0 unspecified atom stereocenters. The first-order valence-electron chi connectivity index (χ1n) is 10.2. The molecule has 3 heterocycles. The molecular weight excluding hydrogens is 396 g/mol. The van der Waals surface area contributed by atoms with Crippen molar-refractivity contribution < 1.29 is 13.9 Å². The number of aromatic amines is 1. The number of hydrogen-bond acceptors (Lipinski definition) is 6. The number of amides is 1. The fourth-order valence-corrected chi connectivity index (χ4v) is 3.93. The van der Waals surface area contributed by atoms with Crippen LogP contribution in [0.2, 0.25) is 0 Å². The van der Waals surface area contributed by atoms with Gasteiger partial charge in [-0.3, -0.25) is 14.5 Å². The number of nitrogens with one attached hydrogen (secondary N) is 1. The van der Waals surface area contributed by atoms with Gasteiger partial charge >= 0.3 is 0 Å². The molecule has 0 atom stereocenters. The van der Waals surface area contributed by atoms with Crippen LogP contribution in [0.25, 0.3) is 22.0 Å². The molecule has 1 N–H and O–H groups in total. The Bertz CT molecular complexity index is 1320. The van der Waals surface area contributed by atoms with Crippen molar-refractivity contribution in [3.63, 3.8) is 0 Å². The maximum absolute atomic E-state index is 12.9. The summed E-state index contributed by atoms with van der Waals surface area (Å²) in [6.07, 6.45) is 0. The second kappa shape index (κ2) is 7.88. The van der Waals surface area contributed by atoms with Crippen molar-refractivity contribution in [2.75, 3.05) is 33.3 Å². The Hall–Kier alpha value is -3.65. The molecule has 0 radical (unpaired) electrons. The van der Waals surface area contributed by atoms with E-state index in [4.69, 9.17) is 9.15 Å². The second-order valence-electron chi connectivity index (χ2n) is 7.61. The summed E-state index contributed by atoms with van der Waals surface area (Å²) in [6.45, 7) is 3.21. The number of para-hydroxylation sites is 1. The summed E-state index contributed by atoms with van der Waals surface area (Å²) in [5, 5.41) is 0.479. The van der Waals surface area contributed by atoms with Crippen LogP contribution in [0.5, 0.6) is 5.75 Å². The van der Waals surface area contributed by atoms with Gasteiger partial charge in [-0.05, 0) is 24.3 Å². The third-order valence-corrected chi connectivity index (χ3v) is 5.62. The Morgan fingerprint density at radius 3 is 2.74 bits per heavy atom. The number of carbonyl (C=O) groups is 1.